The maximum Gasteiger partial charge on any atom is 0.416 e. The highest BCUT2D eigenvalue weighted by Crippen LogP contribution is 2.35. The van der Waals surface area contributed by atoms with Crippen LogP contribution in [-0.2, 0) is 23.8 Å². The molecule has 1 heterocycles. The highest BCUT2D eigenvalue weighted by molar-refractivity contribution is 6.33. The molecule has 0 bridgehead atoms. The van der Waals surface area contributed by atoms with Crippen LogP contribution in [-0.4, -0.2) is 35.6 Å². The number of amides is 1. The van der Waals surface area contributed by atoms with Crippen LogP contribution >= 0.6 is 11.6 Å². The topological polar surface area (TPSA) is 66.6 Å². The van der Waals surface area contributed by atoms with Gasteiger partial charge in [0, 0.05) is 13.1 Å². The van der Waals surface area contributed by atoms with Crippen LogP contribution in [0.4, 0.5) is 18.9 Å². The minimum Gasteiger partial charge on any atom is -0.398 e. The first-order chi connectivity index (χ1) is 15.1. The van der Waals surface area contributed by atoms with Crippen LogP contribution in [0.2, 0.25) is 5.02 Å². The van der Waals surface area contributed by atoms with Crippen molar-refractivity contribution in [2.24, 2.45) is 11.8 Å². The van der Waals surface area contributed by atoms with Gasteiger partial charge in [-0.25, -0.2) is 0 Å². The van der Waals surface area contributed by atoms with Gasteiger partial charge in [-0.1, -0.05) is 23.7 Å². The number of aliphatic hydroxyl groups excluding tert-OH is 1. The number of aliphatic hydroxyl groups is 1. The van der Waals surface area contributed by atoms with Crippen molar-refractivity contribution >= 4 is 23.2 Å². The molecule has 32 heavy (non-hydrogen) atoms. The molecule has 4 nitrogen and oxygen atoms in total. The zero-order chi connectivity index (χ0) is 23.5. The third-order valence-electron chi connectivity index (χ3n) is 6.41. The summed E-state index contributed by atoms with van der Waals surface area (Å²) in [6.07, 6.45) is -1.70. The van der Waals surface area contributed by atoms with Crippen LogP contribution < -0.4 is 5.73 Å². The van der Waals surface area contributed by atoms with Crippen molar-refractivity contribution in [2.45, 2.75) is 38.8 Å². The van der Waals surface area contributed by atoms with Gasteiger partial charge in [0.05, 0.1) is 16.3 Å². The molecule has 2 aromatic carbocycles. The van der Waals surface area contributed by atoms with Gasteiger partial charge in [-0.3, -0.25) is 4.79 Å². The number of benzene rings is 2. The van der Waals surface area contributed by atoms with E-state index < -0.39 is 18.3 Å². The predicted octanol–water partition coefficient (Wildman–Crippen LogP) is 4.88. The zero-order valence-corrected chi connectivity index (χ0v) is 18.7. The van der Waals surface area contributed by atoms with Gasteiger partial charge < -0.3 is 15.7 Å². The molecule has 8 heteroatoms. The molecule has 1 aliphatic heterocycles. The first-order valence-corrected chi connectivity index (χ1v) is 11.1. The number of carbonyl (C=O) groups is 1. The van der Waals surface area contributed by atoms with E-state index in [9.17, 15) is 23.1 Å². The molecule has 0 aliphatic carbocycles. The SMILES string of the molecule is Cc1ccc(C(F)(F)F)cc1CC(CCc1ccc(N)c(Cl)c1)C1CCN(C(=O)CO)C1. The van der Waals surface area contributed by atoms with Gasteiger partial charge in [-0.15, -0.1) is 0 Å². The minimum absolute atomic E-state index is 0.0741. The number of nitrogens with two attached hydrogens (primary N) is 1. The third-order valence-corrected chi connectivity index (χ3v) is 6.73. The number of hydrogen-bond donors (Lipinski definition) is 2. The summed E-state index contributed by atoms with van der Waals surface area (Å²) in [6.45, 7) is 2.34. The Morgan fingerprint density at radius 1 is 1.28 bits per heavy atom. The molecule has 1 amide bonds. The molecule has 0 spiro atoms. The number of aryl methyl sites for hydroxylation is 2. The third kappa shape index (κ3) is 5.95. The Balaban J connectivity index is 1.82. The molecular formula is C24H28ClF3N2O2. The Kier molecular flexibility index (Phi) is 7.72. The molecular weight excluding hydrogens is 441 g/mol. The monoisotopic (exact) mass is 468 g/mol. The molecule has 1 aliphatic rings. The number of rotatable bonds is 7. The molecule has 2 unspecified atom stereocenters. The van der Waals surface area contributed by atoms with Crippen LogP contribution in [0.25, 0.3) is 0 Å². The van der Waals surface area contributed by atoms with Crippen molar-refractivity contribution in [3.8, 4) is 0 Å². The summed E-state index contributed by atoms with van der Waals surface area (Å²) >= 11 is 6.14. The highest BCUT2D eigenvalue weighted by Gasteiger charge is 2.33. The van der Waals surface area contributed by atoms with Gasteiger partial charge in [0.2, 0.25) is 5.91 Å². The van der Waals surface area contributed by atoms with Gasteiger partial charge in [-0.05, 0) is 85.4 Å². The van der Waals surface area contributed by atoms with E-state index in [2.05, 4.69) is 0 Å². The normalized spacial score (nSPS) is 17.6. The number of nitrogen functional groups attached to an aromatic ring is 1. The average molecular weight is 469 g/mol. The summed E-state index contributed by atoms with van der Waals surface area (Å²) in [7, 11) is 0. The molecule has 174 valence electrons. The quantitative estimate of drug-likeness (QED) is 0.569. The van der Waals surface area contributed by atoms with Crippen LogP contribution in [0.15, 0.2) is 36.4 Å². The van der Waals surface area contributed by atoms with Gasteiger partial charge in [0.1, 0.15) is 6.61 Å². The summed E-state index contributed by atoms with van der Waals surface area (Å²) in [5.41, 5.74) is 8.14. The molecule has 2 atom stereocenters. The van der Waals surface area contributed by atoms with Crippen LogP contribution in [0, 0.1) is 18.8 Å². The van der Waals surface area contributed by atoms with E-state index in [1.807, 2.05) is 19.1 Å². The number of nitrogens with zero attached hydrogens (tertiary/aromatic N) is 1. The lowest BCUT2D eigenvalue weighted by Gasteiger charge is -2.25. The van der Waals surface area contributed by atoms with Crippen LogP contribution in [0.5, 0.6) is 0 Å². The second-order valence-electron chi connectivity index (χ2n) is 8.54. The summed E-state index contributed by atoms with van der Waals surface area (Å²) in [6, 6.07) is 9.35. The Labute approximate surface area is 191 Å². The summed E-state index contributed by atoms with van der Waals surface area (Å²) in [5, 5.41) is 9.66. The lowest BCUT2D eigenvalue weighted by Crippen LogP contribution is -2.32. The van der Waals surface area contributed by atoms with Gasteiger partial charge >= 0.3 is 6.18 Å². The van der Waals surface area contributed by atoms with Crippen molar-refractivity contribution in [3.05, 3.63) is 63.7 Å². The second-order valence-corrected chi connectivity index (χ2v) is 8.95. The Hall–Kier alpha value is -2.25. The number of likely N-dealkylation sites (tertiary alicyclic amines) is 1. The Morgan fingerprint density at radius 3 is 2.69 bits per heavy atom. The lowest BCUT2D eigenvalue weighted by atomic mass is 9.81. The van der Waals surface area contributed by atoms with Gasteiger partial charge in [-0.2, -0.15) is 13.2 Å². The number of alkyl halides is 3. The average Bonchev–Trinajstić information content (AvgIpc) is 3.23. The van der Waals surface area contributed by atoms with Crippen molar-refractivity contribution in [3.63, 3.8) is 0 Å². The summed E-state index contributed by atoms with van der Waals surface area (Å²) in [4.78, 5) is 13.6. The fraction of sp³-hybridized carbons (Fsp3) is 0.458. The zero-order valence-electron chi connectivity index (χ0n) is 18.0. The maximum absolute atomic E-state index is 13.3. The van der Waals surface area contributed by atoms with Crippen molar-refractivity contribution in [1.82, 2.24) is 4.90 Å². The smallest absolute Gasteiger partial charge is 0.398 e. The van der Waals surface area contributed by atoms with Crippen molar-refractivity contribution in [2.75, 3.05) is 25.4 Å². The maximum atomic E-state index is 13.3. The van der Waals surface area contributed by atoms with E-state index in [0.717, 1.165) is 30.0 Å². The van der Waals surface area contributed by atoms with Crippen LogP contribution in [0.1, 0.15) is 35.1 Å². The van der Waals surface area contributed by atoms with Crippen LogP contribution in [0.3, 0.4) is 0 Å². The fourth-order valence-corrected chi connectivity index (χ4v) is 4.63. The van der Waals surface area contributed by atoms with Gasteiger partial charge in [0.25, 0.3) is 0 Å². The minimum atomic E-state index is -4.39. The summed E-state index contributed by atoms with van der Waals surface area (Å²) < 4.78 is 39.8. The standard InChI is InChI=1S/C24H28ClF3N2O2/c1-15-2-6-20(24(26,27)28)12-19(15)11-17(18-8-9-30(13-18)23(32)14-31)5-3-16-4-7-22(29)21(25)10-16/h2,4,6-7,10,12,17-18,31H,3,5,8-9,11,13-14,29H2,1H3. The van der Waals surface area contributed by atoms with Gasteiger partial charge in [0.15, 0.2) is 0 Å². The highest BCUT2D eigenvalue weighted by atomic mass is 35.5. The van der Waals surface area contributed by atoms with Crippen molar-refractivity contribution < 1.29 is 23.1 Å². The van der Waals surface area contributed by atoms with Crippen molar-refractivity contribution in [1.29, 1.82) is 0 Å². The predicted molar refractivity (Wildman–Crippen MR) is 119 cm³/mol. The largest absolute Gasteiger partial charge is 0.416 e. The number of carbonyl (C=O) groups excluding carboxylic acids is 1. The number of hydrogen-bond acceptors (Lipinski definition) is 3. The van der Waals surface area contributed by atoms with E-state index in [4.69, 9.17) is 17.3 Å². The van der Waals surface area contributed by atoms with E-state index in [1.165, 1.54) is 12.1 Å². The fourth-order valence-electron chi connectivity index (χ4n) is 4.43. The Bertz CT molecular complexity index is 965. The molecule has 2 aromatic rings. The molecule has 0 saturated carbocycles. The van der Waals surface area contributed by atoms with E-state index >= 15 is 0 Å². The molecule has 0 radical (unpaired) electrons. The molecule has 0 aromatic heterocycles. The molecule has 3 rings (SSSR count). The molecule has 1 fully saturated rings. The second kappa shape index (κ2) is 10.1. The van der Waals surface area contributed by atoms with E-state index in [-0.39, 0.29) is 17.7 Å². The number of halogens is 4. The Morgan fingerprint density at radius 2 is 2.03 bits per heavy atom. The first kappa shape index (κ1) is 24.4. The summed E-state index contributed by atoms with van der Waals surface area (Å²) in [5.74, 6) is -0.0967. The molecule has 1 saturated heterocycles. The lowest BCUT2D eigenvalue weighted by molar-refractivity contribution is -0.137. The van der Waals surface area contributed by atoms with E-state index in [0.29, 0.717) is 42.2 Å². The first-order valence-electron chi connectivity index (χ1n) is 10.7. The molecule has 3 N–H and O–H groups in total. The van der Waals surface area contributed by atoms with E-state index in [1.54, 1.807) is 11.0 Å². The number of anilines is 1.